The molecule has 0 spiro atoms. The van der Waals surface area contributed by atoms with Gasteiger partial charge in [0.25, 0.3) is 5.09 Å². The third kappa shape index (κ3) is 7.98. The molecule has 0 aromatic heterocycles. The van der Waals surface area contributed by atoms with Crippen molar-refractivity contribution in [1.82, 2.24) is 5.06 Å². The van der Waals surface area contributed by atoms with Gasteiger partial charge in [0.2, 0.25) is 6.41 Å². The van der Waals surface area contributed by atoms with Crippen molar-refractivity contribution in [3.8, 4) is 5.75 Å². The van der Waals surface area contributed by atoms with Gasteiger partial charge in [0, 0.05) is 6.42 Å². The minimum absolute atomic E-state index is 0.0849. The van der Waals surface area contributed by atoms with Crippen molar-refractivity contribution in [3.63, 3.8) is 0 Å². The Hall–Kier alpha value is -3.21. The second kappa shape index (κ2) is 11.8. The molecule has 190 valence electrons. The van der Waals surface area contributed by atoms with Crippen molar-refractivity contribution < 1.29 is 38.6 Å². The average Bonchev–Trinajstić information content (AvgIpc) is 2.72. The zero-order valence-electron chi connectivity index (χ0n) is 20.8. The van der Waals surface area contributed by atoms with Crippen LogP contribution in [0.15, 0.2) is 24.3 Å². The van der Waals surface area contributed by atoms with Crippen molar-refractivity contribution in [1.29, 1.82) is 0 Å². The summed E-state index contributed by atoms with van der Waals surface area (Å²) in [6, 6.07) is 6.42. The smallest absolute Gasteiger partial charge is 0.334 e. The monoisotopic (exact) mass is 482 g/mol. The van der Waals surface area contributed by atoms with Crippen LogP contribution < -0.4 is 4.74 Å². The van der Waals surface area contributed by atoms with E-state index >= 15 is 0 Å². The lowest BCUT2D eigenvalue weighted by Gasteiger charge is -2.48. The van der Waals surface area contributed by atoms with Crippen LogP contribution in [0.3, 0.4) is 0 Å². The van der Waals surface area contributed by atoms with Gasteiger partial charge in [0.1, 0.15) is 12.4 Å². The number of methoxy groups -OCH3 is 1. The Bertz CT molecular complexity index is 857. The maximum absolute atomic E-state index is 13.0. The molecule has 11 nitrogen and oxygen atoms in total. The molecular weight excluding hydrogens is 448 g/mol. The number of benzene rings is 1. The van der Waals surface area contributed by atoms with Crippen LogP contribution in [0.1, 0.15) is 59.9 Å². The zero-order chi connectivity index (χ0) is 26.2. The van der Waals surface area contributed by atoms with Crippen LogP contribution in [0.25, 0.3) is 0 Å². The zero-order valence-corrected chi connectivity index (χ0v) is 20.8. The molecule has 0 saturated heterocycles. The van der Waals surface area contributed by atoms with E-state index in [2.05, 4.69) is 4.84 Å². The van der Waals surface area contributed by atoms with Gasteiger partial charge in [-0.25, -0.2) is 9.86 Å². The molecule has 0 aliphatic carbocycles. The largest absolute Gasteiger partial charge is 0.467 e. The molecule has 0 fully saturated rings. The van der Waals surface area contributed by atoms with E-state index in [-0.39, 0.29) is 25.2 Å². The van der Waals surface area contributed by atoms with E-state index < -0.39 is 33.6 Å². The first-order valence-electron chi connectivity index (χ1n) is 10.8. The molecule has 1 aromatic carbocycles. The van der Waals surface area contributed by atoms with Gasteiger partial charge in [0.05, 0.1) is 12.7 Å². The van der Waals surface area contributed by atoms with Gasteiger partial charge in [-0.3, -0.25) is 14.4 Å². The number of esters is 2. The SMILES string of the molecule is COC(=O)[C@](CCC(=O)Oc1ccc(CCO[N+](=O)[O-])cc1)(N(C=O)OC(C)(C)C)C(C)(C)C. The van der Waals surface area contributed by atoms with Crippen LogP contribution in [0.5, 0.6) is 5.75 Å². The molecule has 0 bridgehead atoms. The maximum atomic E-state index is 13.0. The topological polar surface area (TPSA) is 135 Å². The number of nitrogens with zero attached hydrogens (tertiary/aromatic N) is 2. The van der Waals surface area contributed by atoms with Crippen molar-refractivity contribution in [2.75, 3.05) is 13.7 Å². The van der Waals surface area contributed by atoms with E-state index in [1.165, 1.54) is 7.11 Å². The van der Waals surface area contributed by atoms with E-state index in [0.29, 0.717) is 12.8 Å². The second-order valence-electron chi connectivity index (χ2n) is 9.66. The van der Waals surface area contributed by atoms with Crippen LogP contribution >= 0.6 is 0 Å². The highest BCUT2D eigenvalue weighted by Gasteiger charge is 2.56. The summed E-state index contributed by atoms with van der Waals surface area (Å²) in [5.41, 5.74) is -2.49. The Labute approximate surface area is 199 Å². The summed E-state index contributed by atoms with van der Waals surface area (Å²) in [5, 5.41) is 10.3. The Kier molecular flexibility index (Phi) is 9.98. The summed E-state index contributed by atoms with van der Waals surface area (Å²) in [5.74, 6) is -1.07. The first-order chi connectivity index (χ1) is 15.7. The lowest BCUT2D eigenvalue weighted by Crippen LogP contribution is -2.63. The Morgan fingerprint density at radius 3 is 2.12 bits per heavy atom. The summed E-state index contributed by atoms with van der Waals surface area (Å²) in [6.07, 6.45) is 0.424. The highest BCUT2D eigenvalue weighted by atomic mass is 16.9. The minimum Gasteiger partial charge on any atom is -0.467 e. The third-order valence-corrected chi connectivity index (χ3v) is 5.04. The first-order valence-corrected chi connectivity index (χ1v) is 10.8. The molecule has 34 heavy (non-hydrogen) atoms. The molecule has 0 heterocycles. The highest BCUT2D eigenvalue weighted by Crippen LogP contribution is 2.41. The fourth-order valence-corrected chi connectivity index (χ4v) is 3.39. The summed E-state index contributed by atoms with van der Waals surface area (Å²) in [7, 11) is 1.21. The normalized spacial score (nSPS) is 13.4. The molecule has 0 saturated carbocycles. The van der Waals surface area contributed by atoms with Crippen LogP contribution in [0.2, 0.25) is 0 Å². The number of hydrogen-bond donors (Lipinski definition) is 0. The van der Waals surface area contributed by atoms with Crippen LogP contribution in [-0.2, 0) is 35.2 Å². The Morgan fingerprint density at radius 2 is 1.68 bits per heavy atom. The molecule has 0 aliphatic rings. The van der Waals surface area contributed by atoms with Crippen molar-refractivity contribution in [2.24, 2.45) is 5.41 Å². The summed E-state index contributed by atoms with van der Waals surface area (Å²) in [4.78, 5) is 57.9. The van der Waals surface area contributed by atoms with Crippen LogP contribution in [-0.4, -0.2) is 53.4 Å². The fourth-order valence-electron chi connectivity index (χ4n) is 3.39. The van der Waals surface area contributed by atoms with Gasteiger partial charge in [-0.15, -0.1) is 10.1 Å². The van der Waals surface area contributed by atoms with Gasteiger partial charge >= 0.3 is 11.9 Å². The van der Waals surface area contributed by atoms with E-state index in [0.717, 1.165) is 10.6 Å². The van der Waals surface area contributed by atoms with Crippen molar-refractivity contribution in [2.45, 2.75) is 71.9 Å². The fraction of sp³-hybridized carbons (Fsp3) is 0.609. The summed E-state index contributed by atoms with van der Waals surface area (Å²) in [6.45, 7) is 10.4. The van der Waals surface area contributed by atoms with E-state index in [9.17, 15) is 24.5 Å². The van der Waals surface area contributed by atoms with E-state index in [1.807, 2.05) is 0 Å². The van der Waals surface area contributed by atoms with Gasteiger partial charge in [0.15, 0.2) is 5.54 Å². The van der Waals surface area contributed by atoms with Gasteiger partial charge < -0.3 is 14.3 Å². The summed E-state index contributed by atoms with van der Waals surface area (Å²) >= 11 is 0. The molecule has 0 aliphatic heterocycles. The number of hydroxylamine groups is 2. The van der Waals surface area contributed by atoms with E-state index in [1.54, 1.807) is 65.8 Å². The van der Waals surface area contributed by atoms with Crippen molar-refractivity contribution >= 4 is 18.3 Å². The number of amides is 1. The van der Waals surface area contributed by atoms with Gasteiger partial charge in [-0.2, -0.15) is 0 Å². The van der Waals surface area contributed by atoms with E-state index in [4.69, 9.17) is 14.3 Å². The Morgan fingerprint density at radius 1 is 1.09 bits per heavy atom. The summed E-state index contributed by atoms with van der Waals surface area (Å²) < 4.78 is 10.4. The predicted molar refractivity (Wildman–Crippen MR) is 121 cm³/mol. The average molecular weight is 483 g/mol. The molecule has 0 unspecified atom stereocenters. The van der Waals surface area contributed by atoms with Crippen LogP contribution in [0.4, 0.5) is 0 Å². The maximum Gasteiger partial charge on any atom is 0.334 e. The van der Waals surface area contributed by atoms with Gasteiger partial charge in [-0.05, 0) is 56.7 Å². The highest BCUT2D eigenvalue weighted by molar-refractivity contribution is 5.85. The number of rotatable bonds is 12. The second-order valence-corrected chi connectivity index (χ2v) is 9.66. The quantitative estimate of drug-likeness (QED) is 0.145. The number of carbonyl (C=O) groups is 3. The molecule has 1 rings (SSSR count). The number of carbonyl (C=O) groups excluding carboxylic acids is 3. The predicted octanol–water partition coefficient (Wildman–Crippen LogP) is 3.27. The molecule has 0 N–H and O–H groups in total. The standard InChI is InChI=1S/C23H34N2O9/c1-21(2,3)23(20(28)31-7,24(16-26)34-22(4,5)6)14-12-19(27)33-18-10-8-17(9-11-18)13-15-32-25(29)30/h8-11,16H,12-15H2,1-7H3/t23-/m0/s1. The van der Waals surface area contributed by atoms with Gasteiger partial charge in [-0.1, -0.05) is 32.9 Å². The molecular formula is C23H34N2O9. The molecule has 1 atom stereocenters. The molecule has 11 heteroatoms. The van der Waals surface area contributed by atoms with Crippen LogP contribution in [0, 0.1) is 15.5 Å². The number of hydrogen-bond acceptors (Lipinski definition) is 9. The third-order valence-electron chi connectivity index (χ3n) is 5.04. The molecule has 1 aromatic rings. The lowest BCUT2D eigenvalue weighted by molar-refractivity contribution is -0.757. The van der Waals surface area contributed by atoms with Crippen molar-refractivity contribution in [3.05, 3.63) is 39.9 Å². The Balaban J connectivity index is 3.01. The lowest BCUT2D eigenvalue weighted by atomic mass is 9.70. The molecule has 0 radical (unpaired) electrons. The number of ether oxygens (including phenoxy) is 2. The first kappa shape index (κ1) is 28.8. The minimum atomic E-state index is -1.60. The molecule has 1 amide bonds.